The maximum absolute atomic E-state index is 11.9. The van der Waals surface area contributed by atoms with Gasteiger partial charge in [0, 0.05) is 29.3 Å². The number of carbonyl (C=O) groups excluding carboxylic acids is 2. The quantitative estimate of drug-likeness (QED) is 0.471. The third kappa shape index (κ3) is 4.43. The van der Waals surface area contributed by atoms with Crippen molar-refractivity contribution in [1.82, 2.24) is 25.4 Å². The zero-order valence-electron chi connectivity index (χ0n) is 12.9. The first-order valence-corrected chi connectivity index (χ1v) is 8.64. The van der Waals surface area contributed by atoms with E-state index in [1.807, 2.05) is 22.8 Å². The van der Waals surface area contributed by atoms with Gasteiger partial charge in [0.2, 0.25) is 5.91 Å². The van der Waals surface area contributed by atoms with Crippen LogP contribution in [0.2, 0.25) is 5.02 Å². The van der Waals surface area contributed by atoms with Gasteiger partial charge in [-0.05, 0) is 30.3 Å². The lowest BCUT2D eigenvalue weighted by Crippen LogP contribution is -2.42. The van der Waals surface area contributed by atoms with Crippen molar-refractivity contribution in [3.63, 3.8) is 0 Å². The molecule has 0 radical (unpaired) electrons. The number of hydrazine groups is 1. The van der Waals surface area contributed by atoms with Gasteiger partial charge >= 0.3 is 0 Å². The topological polar surface area (TPSA) is 91.8 Å². The Morgan fingerprint density at radius 1 is 1.24 bits per heavy atom. The molecule has 7 nitrogen and oxygen atoms in total. The molecule has 2 aromatic heterocycles. The van der Waals surface area contributed by atoms with Gasteiger partial charge in [0.15, 0.2) is 5.16 Å². The van der Waals surface area contributed by atoms with Gasteiger partial charge in [-0.2, -0.15) is 0 Å². The minimum absolute atomic E-state index is 0.0998. The normalized spacial score (nSPS) is 10.4. The summed E-state index contributed by atoms with van der Waals surface area (Å²) in [6.45, 7) is 0. The molecule has 0 aliphatic carbocycles. The Labute approximate surface area is 152 Å². The van der Waals surface area contributed by atoms with E-state index < -0.39 is 5.91 Å². The second-order valence-corrected chi connectivity index (χ2v) is 6.31. The predicted molar refractivity (Wildman–Crippen MR) is 95.7 cm³/mol. The minimum Gasteiger partial charge on any atom is -0.357 e. The highest BCUT2D eigenvalue weighted by atomic mass is 35.5. The standard InChI is InChI=1S/C16H14ClN5O2S/c17-11-3-1-4-12(9-11)22-8-7-19-16(22)25-10-14(23)20-21-15(24)13-5-2-6-18-13/h1-9,18H,10H2,(H,20,23)(H,21,24). The summed E-state index contributed by atoms with van der Waals surface area (Å²) in [4.78, 5) is 30.6. The number of aromatic amines is 1. The van der Waals surface area contributed by atoms with E-state index in [4.69, 9.17) is 11.6 Å². The van der Waals surface area contributed by atoms with Crippen molar-refractivity contribution in [2.75, 3.05) is 5.75 Å². The molecule has 2 amide bonds. The lowest BCUT2D eigenvalue weighted by atomic mass is 10.3. The molecule has 0 atom stereocenters. The number of imidazole rings is 1. The smallest absolute Gasteiger partial charge is 0.286 e. The Morgan fingerprint density at radius 3 is 2.88 bits per heavy atom. The van der Waals surface area contributed by atoms with Crippen LogP contribution in [0.25, 0.3) is 5.69 Å². The molecule has 2 heterocycles. The summed E-state index contributed by atoms with van der Waals surface area (Å²) in [6.07, 6.45) is 5.06. The number of aromatic nitrogens is 3. The SMILES string of the molecule is O=C(CSc1nccn1-c1cccc(Cl)c1)NNC(=O)c1ccc[nH]1. The molecule has 0 saturated carbocycles. The molecule has 3 aromatic rings. The predicted octanol–water partition coefficient (Wildman–Crippen LogP) is 2.41. The fourth-order valence-electron chi connectivity index (χ4n) is 2.05. The maximum atomic E-state index is 11.9. The van der Waals surface area contributed by atoms with Gasteiger partial charge in [-0.1, -0.05) is 29.4 Å². The van der Waals surface area contributed by atoms with E-state index in [-0.39, 0.29) is 11.7 Å². The number of rotatable bonds is 5. The first-order chi connectivity index (χ1) is 12.1. The number of thioether (sulfide) groups is 1. The van der Waals surface area contributed by atoms with Crippen LogP contribution in [-0.2, 0) is 4.79 Å². The van der Waals surface area contributed by atoms with E-state index in [9.17, 15) is 9.59 Å². The molecule has 0 aliphatic rings. The van der Waals surface area contributed by atoms with E-state index in [1.54, 1.807) is 36.8 Å². The second-order valence-electron chi connectivity index (χ2n) is 4.93. The van der Waals surface area contributed by atoms with Gasteiger partial charge in [-0.25, -0.2) is 4.98 Å². The molecule has 3 rings (SSSR count). The summed E-state index contributed by atoms with van der Waals surface area (Å²) in [6, 6.07) is 10.6. The third-order valence-corrected chi connectivity index (χ3v) is 4.39. The highest BCUT2D eigenvalue weighted by Gasteiger charge is 2.11. The highest BCUT2D eigenvalue weighted by molar-refractivity contribution is 7.99. The maximum Gasteiger partial charge on any atom is 0.286 e. The Kier molecular flexibility index (Phi) is 5.42. The Balaban J connectivity index is 1.55. The van der Waals surface area contributed by atoms with Gasteiger partial charge in [0.25, 0.3) is 5.91 Å². The van der Waals surface area contributed by atoms with Crippen molar-refractivity contribution in [1.29, 1.82) is 0 Å². The average molecular weight is 376 g/mol. The zero-order chi connectivity index (χ0) is 17.6. The Hall–Kier alpha value is -2.71. The van der Waals surface area contributed by atoms with E-state index >= 15 is 0 Å². The average Bonchev–Trinajstić information content (AvgIpc) is 3.29. The molecule has 0 aliphatic heterocycles. The van der Waals surface area contributed by atoms with Crippen LogP contribution < -0.4 is 10.9 Å². The van der Waals surface area contributed by atoms with Gasteiger partial charge in [0.05, 0.1) is 5.75 Å². The number of benzene rings is 1. The minimum atomic E-state index is -0.413. The highest BCUT2D eigenvalue weighted by Crippen LogP contribution is 2.22. The van der Waals surface area contributed by atoms with Gasteiger partial charge in [0.1, 0.15) is 5.69 Å². The molecule has 9 heteroatoms. The molecule has 0 saturated heterocycles. The van der Waals surface area contributed by atoms with Gasteiger partial charge in [-0.15, -0.1) is 0 Å². The fraction of sp³-hybridized carbons (Fsp3) is 0.0625. The van der Waals surface area contributed by atoms with Gasteiger partial charge < -0.3 is 4.98 Å². The largest absolute Gasteiger partial charge is 0.357 e. The van der Waals surface area contributed by atoms with E-state index in [1.165, 1.54) is 11.8 Å². The first kappa shape index (κ1) is 17.1. The Bertz CT molecular complexity index is 878. The monoisotopic (exact) mass is 375 g/mol. The molecular formula is C16H14ClN5O2S. The number of amides is 2. The van der Waals surface area contributed by atoms with Crippen molar-refractivity contribution in [2.45, 2.75) is 5.16 Å². The summed E-state index contributed by atoms with van der Waals surface area (Å²) in [5.74, 6) is -0.655. The molecule has 128 valence electrons. The third-order valence-electron chi connectivity index (χ3n) is 3.18. The first-order valence-electron chi connectivity index (χ1n) is 7.28. The summed E-state index contributed by atoms with van der Waals surface area (Å²) >= 11 is 7.26. The van der Waals surface area contributed by atoms with Crippen molar-refractivity contribution in [3.8, 4) is 5.69 Å². The van der Waals surface area contributed by atoms with Crippen molar-refractivity contribution in [2.24, 2.45) is 0 Å². The Morgan fingerprint density at radius 2 is 2.12 bits per heavy atom. The molecule has 0 unspecified atom stereocenters. The van der Waals surface area contributed by atoms with Crippen LogP contribution >= 0.6 is 23.4 Å². The molecule has 1 aromatic carbocycles. The summed E-state index contributed by atoms with van der Waals surface area (Å²) < 4.78 is 1.83. The number of nitrogens with zero attached hydrogens (tertiary/aromatic N) is 2. The van der Waals surface area contributed by atoms with E-state index in [0.717, 1.165) is 5.69 Å². The summed E-state index contributed by atoms with van der Waals surface area (Å²) in [5.41, 5.74) is 5.92. The van der Waals surface area contributed by atoms with Crippen molar-refractivity contribution < 1.29 is 9.59 Å². The second kappa shape index (κ2) is 7.91. The molecule has 25 heavy (non-hydrogen) atoms. The van der Waals surface area contributed by atoms with E-state index in [0.29, 0.717) is 15.9 Å². The van der Waals surface area contributed by atoms with Crippen LogP contribution in [0.15, 0.2) is 60.1 Å². The molecular weight excluding hydrogens is 362 g/mol. The summed E-state index contributed by atoms with van der Waals surface area (Å²) in [7, 11) is 0. The van der Waals surface area contributed by atoms with E-state index in [2.05, 4.69) is 20.8 Å². The van der Waals surface area contributed by atoms with Crippen LogP contribution in [0.5, 0.6) is 0 Å². The van der Waals surface area contributed by atoms with Crippen LogP contribution in [0.4, 0.5) is 0 Å². The summed E-state index contributed by atoms with van der Waals surface area (Å²) in [5, 5.41) is 1.26. The number of hydrogen-bond donors (Lipinski definition) is 3. The molecule has 0 spiro atoms. The molecule has 0 fully saturated rings. The molecule has 0 bridgehead atoms. The van der Waals surface area contributed by atoms with Crippen LogP contribution in [0.1, 0.15) is 10.5 Å². The van der Waals surface area contributed by atoms with Gasteiger partial charge in [-0.3, -0.25) is 25.0 Å². The van der Waals surface area contributed by atoms with Crippen LogP contribution in [0, 0.1) is 0 Å². The lowest BCUT2D eigenvalue weighted by Gasteiger charge is -2.08. The number of hydrogen-bond acceptors (Lipinski definition) is 4. The van der Waals surface area contributed by atoms with Crippen LogP contribution in [0.3, 0.4) is 0 Å². The lowest BCUT2D eigenvalue weighted by molar-refractivity contribution is -0.119. The van der Waals surface area contributed by atoms with Crippen molar-refractivity contribution >= 4 is 35.2 Å². The number of H-pyrrole nitrogens is 1. The fourth-order valence-corrected chi connectivity index (χ4v) is 3.01. The van der Waals surface area contributed by atoms with Crippen molar-refractivity contribution in [3.05, 3.63) is 65.7 Å². The zero-order valence-corrected chi connectivity index (χ0v) is 14.5. The number of nitrogens with one attached hydrogen (secondary N) is 3. The van der Waals surface area contributed by atoms with Crippen LogP contribution in [-0.4, -0.2) is 32.1 Å². The number of carbonyl (C=O) groups is 2. The number of halogens is 1. The molecule has 3 N–H and O–H groups in total.